The normalized spacial score (nSPS) is 11.2. The van der Waals surface area contributed by atoms with Crippen LogP contribution in [0.4, 0.5) is 5.69 Å². The molecule has 0 radical (unpaired) electrons. The molecule has 136 valence electrons. The second-order valence-corrected chi connectivity index (χ2v) is 7.19. The topological polar surface area (TPSA) is 78.1 Å². The van der Waals surface area contributed by atoms with Crippen LogP contribution in [0.15, 0.2) is 40.5 Å². The molecule has 0 fully saturated rings. The molecule has 6 nitrogen and oxygen atoms in total. The lowest BCUT2D eigenvalue weighted by Gasteiger charge is -2.20. The van der Waals surface area contributed by atoms with Gasteiger partial charge >= 0.3 is 0 Å². The van der Waals surface area contributed by atoms with Crippen molar-refractivity contribution in [3.05, 3.63) is 57.5 Å². The number of aryl methyl sites for hydroxylation is 1. The summed E-state index contributed by atoms with van der Waals surface area (Å²) in [6, 6.07) is 9.55. The van der Waals surface area contributed by atoms with Crippen molar-refractivity contribution < 1.29 is 4.79 Å². The van der Waals surface area contributed by atoms with E-state index in [1.165, 1.54) is 11.3 Å². The quantitative estimate of drug-likeness (QED) is 0.670. The van der Waals surface area contributed by atoms with Crippen LogP contribution < -0.4 is 10.9 Å². The number of nitrogens with zero attached hydrogens (tertiary/aromatic N) is 2. The maximum absolute atomic E-state index is 12.4. The standard InChI is InChI=1S/C19H22N4O2S/c1-3-8-23(12-17(24)20-14-6-4-5-13(2)10-14)11-16-21-15-7-9-26-18(15)19(25)22-16/h4-7,9-10H,3,8,11-12H2,1-2H3,(H,20,24)(H,21,22,25). The van der Waals surface area contributed by atoms with Crippen molar-refractivity contribution in [2.45, 2.75) is 26.8 Å². The Balaban J connectivity index is 1.69. The molecule has 7 heteroatoms. The van der Waals surface area contributed by atoms with Crippen molar-refractivity contribution in [2.75, 3.05) is 18.4 Å². The molecule has 2 N–H and O–H groups in total. The van der Waals surface area contributed by atoms with E-state index in [4.69, 9.17) is 0 Å². The maximum atomic E-state index is 12.4. The zero-order valence-electron chi connectivity index (χ0n) is 14.9. The molecule has 0 saturated carbocycles. The first-order valence-electron chi connectivity index (χ1n) is 8.60. The van der Waals surface area contributed by atoms with Gasteiger partial charge in [0.25, 0.3) is 5.56 Å². The lowest BCUT2D eigenvalue weighted by molar-refractivity contribution is -0.117. The first kappa shape index (κ1) is 18.3. The van der Waals surface area contributed by atoms with E-state index in [1.54, 1.807) is 0 Å². The number of amides is 1. The second kappa shape index (κ2) is 8.25. The van der Waals surface area contributed by atoms with Crippen LogP contribution in [-0.2, 0) is 11.3 Å². The summed E-state index contributed by atoms with van der Waals surface area (Å²) in [7, 11) is 0. The molecule has 3 rings (SSSR count). The number of benzene rings is 1. The Kier molecular flexibility index (Phi) is 5.80. The van der Waals surface area contributed by atoms with E-state index in [2.05, 4.69) is 22.2 Å². The number of hydrogen-bond acceptors (Lipinski definition) is 5. The van der Waals surface area contributed by atoms with Crippen molar-refractivity contribution in [3.63, 3.8) is 0 Å². The fourth-order valence-corrected chi connectivity index (χ4v) is 3.59. The predicted octanol–water partition coefficient (Wildman–Crippen LogP) is 3.14. The van der Waals surface area contributed by atoms with Gasteiger partial charge in [-0.3, -0.25) is 14.5 Å². The van der Waals surface area contributed by atoms with E-state index >= 15 is 0 Å². The number of rotatable bonds is 7. The summed E-state index contributed by atoms with van der Waals surface area (Å²) in [5.74, 6) is 0.501. The molecule has 3 aromatic rings. The molecule has 0 bridgehead atoms. The largest absolute Gasteiger partial charge is 0.325 e. The molecular weight excluding hydrogens is 348 g/mol. The summed E-state index contributed by atoms with van der Waals surface area (Å²) in [5.41, 5.74) is 2.46. The average Bonchev–Trinajstić information content (AvgIpc) is 3.04. The van der Waals surface area contributed by atoms with Crippen molar-refractivity contribution in [1.82, 2.24) is 14.9 Å². The zero-order valence-corrected chi connectivity index (χ0v) is 15.7. The smallest absolute Gasteiger partial charge is 0.268 e. The van der Waals surface area contributed by atoms with Gasteiger partial charge in [-0.25, -0.2) is 4.98 Å². The Bertz CT molecular complexity index is 963. The Morgan fingerprint density at radius 1 is 1.35 bits per heavy atom. The van der Waals surface area contributed by atoms with Gasteiger partial charge in [-0.1, -0.05) is 19.1 Å². The Morgan fingerprint density at radius 3 is 2.96 bits per heavy atom. The van der Waals surface area contributed by atoms with Crippen LogP contribution in [0.25, 0.3) is 10.2 Å². The van der Waals surface area contributed by atoms with Crippen molar-refractivity contribution in [2.24, 2.45) is 0 Å². The number of carbonyl (C=O) groups is 1. The van der Waals surface area contributed by atoms with Crippen LogP contribution in [0.2, 0.25) is 0 Å². The third-order valence-corrected chi connectivity index (χ3v) is 4.85. The molecule has 0 unspecified atom stereocenters. The molecule has 0 aliphatic rings. The minimum Gasteiger partial charge on any atom is -0.325 e. The van der Waals surface area contributed by atoms with Crippen LogP contribution in [0.3, 0.4) is 0 Å². The maximum Gasteiger partial charge on any atom is 0.268 e. The van der Waals surface area contributed by atoms with Gasteiger partial charge in [-0.15, -0.1) is 11.3 Å². The monoisotopic (exact) mass is 370 g/mol. The summed E-state index contributed by atoms with van der Waals surface area (Å²) in [6.45, 7) is 5.46. The minimum absolute atomic E-state index is 0.0805. The Morgan fingerprint density at radius 2 is 2.19 bits per heavy atom. The van der Waals surface area contributed by atoms with Gasteiger partial charge < -0.3 is 10.3 Å². The first-order chi connectivity index (χ1) is 12.5. The van der Waals surface area contributed by atoms with Crippen molar-refractivity contribution in [1.29, 1.82) is 0 Å². The fourth-order valence-electron chi connectivity index (χ4n) is 2.86. The second-order valence-electron chi connectivity index (χ2n) is 6.28. The molecule has 26 heavy (non-hydrogen) atoms. The summed E-state index contributed by atoms with van der Waals surface area (Å²) < 4.78 is 0.632. The van der Waals surface area contributed by atoms with Gasteiger partial charge in [0.1, 0.15) is 10.5 Å². The lowest BCUT2D eigenvalue weighted by Crippen LogP contribution is -2.34. The van der Waals surface area contributed by atoms with E-state index in [-0.39, 0.29) is 18.0 Å². The van der Waals surface area contributed by atoms with Gasteiger partial charge in [0.15, 0.2) is 0 Å². The number of H-pyrrole nitrogens is 1. The highest BCUT2D eigenvalue weighted by atomic mass is 32.1. The molecule has 0 saturated heterocycles. The van der Waals surface area contributed by atoms with Crippen LogP contribution in [0.1, 0.15) is 24.7 Å². The third kappa shape index (κ3) is 4.56. The first-order valence-corrected chi connectivity index (χ1v) is 9.48. The van der Waals surface area contributed by atoms with Crippen LogP contribution in [0, 0.1) is 6.92 Å². The Hall–Kier alpha value is -2.51. The number of thiophene rings is 1. The van der Waals surface area contributed by atoms with Crippen molar-refractivity contribution >= 4 is 33.1 Å². The highest BCUT2D eigenvalue weighted by Gasteiger charge is 2.13. The number of carbonyl (C=O) groups excluding carboxylic acids is 1. The minimum atomic E-state index is -0.124. The van der Waals surface area contributed by atoms with Crippen molar-refractivity contribution in [3.8, 4) is 0 Å². The molecule has 0 aliphatic carbocycles. The fraction of sp³-hybridized carbons (Fsp3) is 0.316. The number of nitrogens with one attached hydrogen (secondary N) is 2. The lowest BCUT2D eigenvalue weighted by atomic mass is 10.2. The van der Waals surface area contributed by atoms with Gasteiger partial charge in [0, 0.05) is 5.69 Å². The van der Waals surface area contributed by atoms with E-state index in [9.17, 15) is 9.59 Å². The third-order valence-electron chi connectivity index (χ3n) is 3.95. The molecule has 1 aromatic carbocycles. The summed E-state index contributed by atoms with van der Waals surface area (Å²) in [6.07, 6.45) is 0.905. The highest BCUT2D eigenvalue weighted by molar-refractivity contribution is 7.17. The molecule has 2 heterocycles. The van der Waals surface area contributed by atoms with E-state index in [0.717, 1.165) is 24.2 Å². The molecule has 2 aromatic heterocycles. The summed E-state index contributed by atoms with van der Waals surface area (Å²) in [4.78, 5) is 33.8. The summed E-state index contributed by atoms with van der Waals surface area (Å²) in [5, 5.41) is 4.78. The average molecular weight is 370 g/mol. The number of fused-ring (bicyclic) bond motifs is 1. The number of anilines is 1. The number of aromatic amines is 1. The van der Waals surface area contributed by atoms with Gasteiger partial charge in [-0.2, -0.15) is 0 Å². The van der Waals surface area contributed by atoms with Gasteiger partial charge in [0.05, 0.1) is 18.6 Å². The molecule has 0 spiro atoms. The predicted molar refractivity (Wildman–Crippen MR) is 106 cm³/mol. The van der Waals surface area contributed by atoms with Crippen LogP contribution in [0.5, 0.6) is 0 Å². The SMILES string of the molecule is CCCN(CC(=O)Nc1cccc(C)c1)Cc1nc2ccsc2c(=O)[nH]1. The van der Waals surface area contributed by atoms with Crippen LogP contribution in [-0.4, -0.2) is 33.9 Å². The zero-order chi connectivity index (χ0) is 18.5. The molecular formula is C19H22N4O2S. The number of hydrogen-bond donors (Lipinski definition) is 2. The Labute approximate surface area is 155 Å². The summed E-state index contributed by atoms with van der Waals surface area (Å²) >= 11 is 1.38. The van der Waals surface area contributed by atoms with Gasteiger partial charge in [0.2, 0.25) is 5.91 Å². The molecule has 0 aliphatic heterocycles. The highest BCUT2D eigenvalue weighted by Crippen LogP contribution is 2.14. The molecule has 0 atom stereocenters. The van der Waals surface area contributed by atoms with E-state index < -0.39 is 0 Å². The van der Waals surface area contributed by atoms with E-state index in [0.29, 0.717) is 22.6 Å². The van der Waals surface area contributed by atoms with Crippen LogP contribution >= 0.6 is 11.3 Å². The number of aromatic nitrogens is 2. The van der Waals surface area contributed by atoms with Gasteiger partial charge in [-0.05, 0) is 49.0 Å². The molecule has 1 amide bonds. The van der Waals surface area contributed by atoms with E-state index in [1.807, 2.05) is 47.5 Å².